The molecule has 0 aromatic carbocycles. The van der Waals surface area contributed by atoms with E-state index in [9.17, 15) is 0 Å². The largest absolute Gasteiger partial charge is 0.383 e. The third kappa shape index (κ3) is 4.57. The summed E-state index contributed by atoms with van der Waals surface area (Å²) in [6, 6.07) is 0. The van der Waals surface area contributed by atoms with Crippen LogP contribution in [-0.2, 0) is 4.74 Å². The van der Waals surface area contributed by atoms with E-state index in [-0.39, 0.29) is 0 Å². The SMILES string of the molecule is COCCNCC1CCN(CC2CCC2)CC1. The van der Waals surface area contributed by atoms with E-state index in [1.165, 1.54) is 58.3 Å². The molecule has 1 N–H and O–H groups in total. The predicted octanol–water partition coefficient (Wildman–Crippen LogP) is 1.73. The predicted molar refractivity (Wildman–Crippen MR) is 71.3 cm³/mol. The van der Waals surface area contributed by atoms with Crippen LogP contribution in [0.3, 0.4) is 0 Å². The molecule has 2 aliphatic rings. The van der Waals surface area contributed by atoms with Gasteiger partial charge in [-0.25, -0.2) is 0 Å². The molecule has 0 amide bonds. The average Bonchev–Trinajstić information content (AvgIpc) is 2.31. The van der Waals surface area contributed by atoms with Gasteiger partial charge in [0.2, 0.25) is 0 Å². The Morgan fingerprint density at radius 1 is 1.12 bits per heavy atom. The molecule has 2 rings (SSSR count). The molecular weight excluding hydrogens is 212 g/mol. The van der Waals surface area contributed by atoms with Crippen LogP contribution in [0.4, 0.5) is 0 Å². The molecule has 17 heavy (non-hydrogen) atoms. The summed E-state index contributed by atoms with van der Waals surface area (Å²) in [5, 5.41) is 3.49. The van der Waals surface area contributed by atoms with Crippen molar-refractivity contribution in [3.8, 4) is 0 Å². The molecule has 0 bridgehead atoms. The zero-order valence-corrected chi connectivity index (χ0v) is 11.3. The molecule has 2 fully saturated rings. The van der Waals surface area contributed by atoms with Crippen LogP contribution >= 0.6 is 0 Å². The van der Waals surface area contributed by atoms with Crippen molar-refractivity contribution < 1.29 is 4.74 Å². The summed E-state index contributed by atoms with van der Waals surface area (Å²) < 4.78 is 5.04. The van der Waals surface area contributed by atoms with Crippen LogP contribution in [0.5, 0.6) is 0 Å². The molecule has 0 spiro atoms. The van der Waals surface area contributed by atoms with E-state index in [2.05, 4.69) is 10.2 Å². The molecule has 100 valence electrons. The lowest BCUT2D eigenvalue weighted by molar-refractivity contribution is 0.129. The molecule has 3 heteroatoms. The van der Waals surface area contributed by atoms with Gasteiger partial charge in [-0.3, -0.25) is 0 Å². The van der Waals surface area contributed by atoms with Crippen LogP contribution in [0.25, 0.3) is 0 Å². The van der Waals surface area contributed by atoms with Gasteiger partial charge < -0.3 is 15.0 Å². The molecule has 0 aromatic rings. The Morgan fingerprint density at radius 3 is 2.47 bits per heavy atom. The minimum absolute atomic E-state index is 0.834. The zero-order chi connectivity index (χ0) is 11.9. The molecule has 1 saturated heterocycles. The first-order chi connectivity index (χ1) is 8.38. The van der Waals surface area contributed by atoms with E-state index in [1.807, 2.05) is 0 Å². The highest BCUT2D eigenvalue weighted by Gasteiger charge is 2.24. The van der Waals surface area contributed by atoms with Crippen LogP contribution in [0, 0.1) is 11.8 Å². The number of nitrogens with one attached hydrogen (secondary N) is 1. The molecule has 0 radical (unpaired) electrons. The number of likely N-dealkylation sites (tertiary alicyclic amines) is 1. The topological polar surface area (TPSA) is 24.5 Å². The molecule has 1 saturated carbocycles. The maximum absolute atomic E-state index is 5.04. The summed E-state index contributed by atoms with van der Waals surface area (Å²) in [5.41, 5.74) is 0. The first kappa shape index (κ1) is 13.3. The number of methoxy groups -OCH3 is 1. The van der Waals surface area contributed by atoms with Crippen molar-refractivity contribution in [2.75, 3.05) is 46.4 Å². The minimum Gasteiger partial charge on any atom is -0.383 e. The maximum Gasteiger partial charge on any atom is 0.0587 e. The fourth-order valence-corrected chi connectivity index (χ4v) is 2.89. The fourth-order valence-electron chi connectivity index (χ4n) is 2.89. The number of ether oxygens (including phenoxy) is 1. The lowest BCUT2D eigenvalue weighted by Gasteiger charge is -2.37. The van der Waals surface area contributed by atoms with Gasteiger partial charge in [-0.15, -0.1) is 0 Å². The van der Waals surface area contributed by atoms with Gasteiger partial charge in [-0.2, -0.15) is 0 Å². The molecule has 1 aliphatic heterocycles. The molecule has 0 unspecified atom stereocenters. The highest BCUT2D eigenvalue weighted by atomic mass is 16.5. The van der Waals surface area contributed by atoms with Crippen molar-refractivity contribution in [2.45, 2.75) is 32.1 Å². The summed E-state index contributed by atoms with van der Waals surface area (Å²) in [5.74, 6) is 1.93. The van der Waals surface area contributed by atoms with Crippen molar-refractivity contribution in [2.24, 2.45) is 11.8 Å². The fraction of sp³-hybridized carbons (Fsp3) is 1.00. The second kappa shape index (κ2) is 7.34. The normalized spacial score (nSPS) is 23.8. The Bertz CT molecular complexity index is 198. The smallest absolute Gasteiger partial charge is 0.0587 e. The quantitative estimate of drug-likeness (QED) is 0.686. The van der Waals surface area contributed by atoms with Gasteiger partial charge in [0.05, 0.1) is 6.61 Å². The second-order valence-corrected chi connectivity index (χ2v) is 5.74. The van der Waals surface area contributed by atoms with Crippen molar-refractivity contribution in [1.82, 2.24) is 10.2 Å². The van der Waals surface area contributed by atoms with Crippen molar-refractivity contribution in [3.63, 3.8) is 0 Å². The molecular formula is C14H28N2O. The van der Waals surface area contributed by atoms with E-state index in [4.69, 9.17) is 4.74 Å². The van der Waals surface area contributed by atoms with Gasteiger partial charge in [0.1, 0.15) is 0 Å². The average molecular weight is 240 g/mol. The molecule has 0 atom stereocenters. The van der Waals surface area contributed by atoms with Crippen molar-refractivity contribution in [1.29, 1.82) is 0 Å². The highest BCUT2D eigenvalue weighted by Crippen LogP contribution is 2.28. The Balaban J connectivity index is 1.51. The first-order valence-corrected chi connectivity index (χ1v) is 7.30. The highest BCUT2D eigenvalue weighted by molar-refractivity contribution is 4.78. The van der Waals surface area contributed by atoms with Gasteiger partial charge in [0.25, 0.3) is 0 Å². The van der Waals surface area contributed by atoms with Gasteiger partial charge in [0, 0.05) is 20.2 Å². The van der Waals surface area contributed by atoms with Gasteiger partial charge in [-0.05, 0) is 57.2 Å². The minimum atomic E-state index is 0.834. The van der Waals surface area contributed by atoms with E-state index < -0.39 is 0 Å². The second-order valence-electron chi connectivity index (χ2n) is 5.74. The van der Waals surface area contributed by atoms with Gasteiger partial charge in [0.15, 0.2) is 0 Å². The monoisotopic (exact) mass is 240 g/mol. The lowest BCUT2D eigenvalue weighted by Crippen LogP contribution is -2.41. The van der Waals surface area contributed by atoms with E-state index in [0.717, 1.165) is 25.0 Å². The molecule has 3 nitrogen and oxygen atoms in total. The molecule has 0 aromatic heterocycles. The molecule has 1 heterocycles. The Hall–Kier alpha value is -0.120. The summed E-state index contributed by atoms with van der Waals surface area (Å²) in [7, 11) is 1.76. The standard InChI is InChI=1S/C14H28N2O/c1-17-10-7-15-11-13-5-8-16(9-6-13)12-14-3-2-4-14/h13-15H,2-12H2,1H3. The maximum atomic E-state index is 5.04. The van der Waals surface area contributed by atoms with Crippen LogP contribution in [0.1, 0.15) is 32.1 Å². The van der Waals surface area contributed by atoms with Crippen LogP contribution < -0.4 is 5.32 Å². The van der Waals surface area contributed by atoms with Crippen LogP contribution in [0.2, 0.25) is 0 Å². The van der Waals surface area contributed by atoms with Crippen molar-refractivity contribution in [3.05, 3.63) is 0 Å². The summed E-state index contributed by atoms with van der Waals surface area (Å²) in [4.78, 5) is 2.69. The number of hydrogen-bond donors (Lipinski definition) is 1. The van der Waals surface area contributed by atoms with E-state index >= 15 is 0 Å². The number of nitrogens with zero attached hydrogens (tertiary/aromatic N) is 1. The van der Waals surface area contributed by atoms with Gasteiger partial charge >= 0.3 is 0 Å². The zero-order valence-electron chi connectivity index (χ0n) is 11.3. The van der Waals surface area contributed by atoms with Gasteiger partial charge in [-0.1, -0.05) is 6.42 Å². The van der Waals surface area contributed by atoms with Crippen LogP contribution in [-0.4, -0.2) is 51.3 Å². The van der Waals surface area contributed by atoms with E-state index in [1.54, 1.807) is 7.11 Å². The van der Waals surface area contributed by atoms with Crippen molar-refractivity contribution >= 4 is 0 Å². The van der Waals surface area contributed by atoms with E-state index in [0.29, 0.717) is 0 Å². The Kier molecular flexibility index (Phi) is 5.75. The Labute approximate surface area is 106 Å². The lowest BCUT2D eigenvalue weighted by atomic mass is 9.84. The first-order valence-electron chi connectivity index (χ1n) is 7.30. The third-order valence-electron chi connectivity index (χ3n) is 4.36. The summed E-state index contributed by atoms with van der Waals surface area (Å²) >= 11 is 0. The third-order valence-corrected chi connectivity index (χ3v) is 4.36. The Morgan fingerprint density at radius 2 is 1.88 bits per heavy atom. The molecule has 1 aliphatic carbocycles. The number of rotatable bonds is 7. The summed E-state index contributed by atoms with van der Waals surface area (Å²) in [6.45, 7) is 7.05. The number of hydrogen-bond acceptors (Lipinski definition) is 3. The number of piperidine rings is 1. The van der Waals surface area contributed by atoms with Crippen LogP contribution in [0.15, 0.2) is 0 Å². The summed E-state index contributed by atoms with van der Waals surface area (Å²) in [6.07, 6.45) is 7.21.